The molecule has 0 aliphatic carbocycles. The number of aliphatic hydroxyl groups is 2. The molecule has 0 aromatic heterocycles. The monoisotopic (exact) mass is 454 g/mol. The van der Waals surface area contributed by atoms with Gasteiger partial charge in [0.2, 0.25) is 11.4 Å². The van der Waals surface area contributed by atoms with Crippen LogP contribution in [0.4, 0.5) is 0 Å². The van der Waals surface area contributed by atoms with Crippen LogP contribution in [0, 0.1) is 0 Å². The Balaban J connectivity index is 0. The van der Waals surface area contributed by atoms with E-state index in [1.807, 2.05) is 0 Å². The molecule has 0 bridgehead atoms. The Labute approximate surface area is 227 Å². The second-order valence-electron chi connectivity index (χ2n) is 9.03. The maximum atomic E-state index is 12.0. The van der Waals surface area contributed by atoms with Gasteiger partial charge in [0, 0.05) is 0 Å². The Morgan fingerprint density at radius 2 is 0.933 bits per heavy atom. The van der Waals surface area contributed by atoms with Crippen molar-refractivity contribution < 1.29 is 24.9 Å². The molecule has 0 spiro atoms. The first-order valence-corrected chi connectivity index (χ1v) is 11.9. The molecule has 0 saturated heterocycles. The third-order valence-electron chi connectivity index (χ3n) is 5.86. The van der Waals surface area contributed by atoms with Crippen LogP contribution < -0.4 is 0 Å². The molecule has 0 aromatic rings. The normalized spacial score (nSPS) is 15.1. The van der Waals surface area contributed by atoms with E-state index in [1.54, 1.807) is 0 Å². The molecule has 0 aromatic carbocycles. The number of hydrogen-bond acceptors (Lipinski definition) is 4. The fourth-order valence-corrected chi connectivity index (χ4v) is 3.75. The second-order valence-corrected chi connectivity index (χ2v) is 9.03. The summed E-state index contributed by atoms with van der Waals surface area (Å²) in [5.41, 5.74) is -4.35. The van der Waals surface area contributed by atoms with Crippen LogP contribution in [-0.4, -0.2) is 89.7 Å². The topological polar surface area (TPSA) is 94.8 Å². The van der Waals surface area contributed by atoms with Gasteiger partial charge in [-0.15, -0.1) is 0 Å². The molecule has 0 aliphatic heterocycles. The van der Waals surface area contributed by atoms with Gasteiger partial charge in [-0.1, -0.05) is 110 Å². The van der Waals surface area contributed by atoms with Crippen molar-refractivity contribution in [2.45, 2.75) is 141 Å². The number of carbonyl (C=O) groups excluding carboxylic acids is 1. The van der Waals surface area contributed by atoms with Crippen molar-refractivity contribution in [2.75, 3.05) is 0 Å². The van der Waals surface area contributed by atoms with E-state index in [1.165, 1.54) is 84.0 Å². The number of hydrogen-bond donors (Lipinski definition) is 3. The summed E-state index contributed by atoms with van der Waals surface area (Å²) in [6, 6.07) is 0. The van der Waals surface area contributed by atoms with E-state index in [2.05, 4.69) is 6.92 Å². The van der Waals surface area contributed by atoms with Gasteiger partial charge in [0.1, 0.15) is 5.60 Å². The van der Waals surface area contributed by atoms with Crippen LogP contribution in [0.3, 0.4) is 0 Å². The number of Topliss-reactive ketones (excluding diaryl/α,β-unsaturated/α-hetero) is 1. The van der Waals surface area contributed by atoms with Crippen LogP contribution in [0.15, 0.2) is 0 Å². The van der Waals surface area contributed by atoms with Crippen molar-refractivity contribution >= 4 is 63.1 Å². The number of unbranched alkanes of at least 4 members (excludes halogenated alkanes) is 15. The summed E-state index contributed by atoms with van der Waals surface area (Å²) in [5, 5.41) is 28.8. The molecule has 6 heteroatoms. The third-order valence-corrected chi connectivity index (χ3v) is 5.86. The Kier molecular flexibility index (Phi) is 21.0. The zero-order chi connectivity index (χ0) is 22.2. The van der Waals surface area contributed by atoms with E-state index in [9.17, 15) is 19.8 Å². The number of aliphatic carboxylic acids is 1. The van der Waals surface area contributed by atoms with Gasteiger partial charge in [-0.2, -0.15) is 0 Å². The number of ketones is 1. The first kappa shape index (κ1) is 32.9. The molecule has 30 heavy (non-hydrogen) atoms. The fourth-order valence-electron chi connectivity index (χ4n) is 3.75. The summed E-state index contributed by atoms with van der Waals surface area (Å²) in [6.07, 6.45) is 20.1. The number of carboxylic acid groups (broad SMARTS) is 1. The maximum absolute atomic E-state index is 12.0. The van der Waals surface area contributed by atoms with Gasteiger partial charge in [0.05, 0.1) is 0 Å². The van der Waals surface area contributed by atoms with Crippen molar-refractivity contribution in [3.05, 3.63) is 0 Å². The summed E-state index contributed by atoms with van der Waals surface area (Å²) < 4.78 is 0. The average molecular weight is 455 g/mol. The van der Waals surface area contributed by atoms with Crippen molar-refractivity contribution in [3.8, 4) is 0 Å². The molecular weight excluding hydrogens is 407 g/mol. The van der Waals surface area contributed by atoms with Crippen LogP contribution in [0.25, 0.3) is 0 Å². The van der Waals surface area contributed by atoms with Crippen LogP contribution in [0.2, 0.25) is 0 Å². The number of carboxylic acids is 1. The molecule has 0 saturated carbocycles. The van der Waals surface area contributed by atoms with Crippen LogP contribution >= 0.6 is 0 Å². The molecule has 0 fully saturated rings. The third kappa shape index (κ3) is 15.5. The van der Waals surface area contributed by atoms with Gasteiger partial charge in [-0.05, 0) is 20.3 Å². The van der Waals surface area contributed by atoms with Gasteiger partial charge in [-0.25, -0.2) is 4.79 Å². The summed E-state index contributed by atoms with van der Waals surface area (Å²) >= 11 is 0. The molecular formula is C24H47KO5. The zero-order valence-corrected chi connectivity index (χ0v) is 19.2. The van der Waals surface area contributed by atoms with E-state index in [0.29, 0.717) is 6.42 Å². The first-order valence-electron chi connectivity index (χ1n) is 11.9. The fraction of sp³-hybridized carbons (Fsp3) is 0.917. The van der Waals surface area contributed by atoms with Crippen molar-refractivity contribution in [2.24, 2.45) is 0 Å². The second kappa shape index (κ2) is 19.2. The SMILES string of the molecule is CCCCCCCCCCCCCCCCCCC(C)(O)C(=O)C(C)(O)C(=O)O.[KH]. The molecule has 3 N–H and O–H groups in total. The molecule has 174 valence electrons. The van der Waals surface area contributed by atoms with Crippen molar-refractivity contribution in [3.63, 3.8) is 0 Å². The molecule has 2 unspecified atom stereocenters. The van der Waals surface area contributed by atoms with Crippen LogP contribution in [0.1, 0.15) is 130 Å². The minimum absolute atomic E-state index is 0. The van der Waals surface area contributed by atoms with Gasteiger partial charge in [0.15, 0.2) is 0 Å². The molecule has 0 aliphatic rings. The first-order chi connectivity index (χ1) is 13.7. The summed E-state index contributed by atoms with van der Waals surface area (Å²) in [5.74, 6) is -2.67. The summed E-state index contributed by atoms with van der Waals surface area (Å²) in [4.78, 5) is 23.0. The molecule has 5 nitrogen and oxygen atoms in total. The van der Waals surface area contributed by atoms with Gasteiger partial charge >= 0.3 is 57.4 Å². The molecule has 0 radical (unpaired) electrons. The van der Waals surface area contributed by atoms with Gasteiger partial charge in [0.25, 0.3) is 0 Å². The quantitative estimate of drug-likeness (QED) is 0.134. The van der Waals surface area contributed by atoms with Gasteiger partial charge < -0.3 is 15.3 Å². The molecule has 2 atom stereocenters. The summed E-state index contributed by atoms with van der Waals surface area (Å²) in [6.45, 7) is 4.46. The Morgan fingerprint density at radius 3 is 1.23 bits per heavy atom. The molecule has 0 heterocycles. The van der Waals surface area contributed by atoms with E-state index in [0.717, 1.165) is 26.2 Å². The Bertz CT molecular complexity index is 449. The average Bonchev–Trinajstić information content (AvgIpc) is 2.66. The number of rotatable bonds is 20. The standard InChI is InChI=1S/C24H46O5.K.H/c1-4-5-6-7-8-9-10-11-12-13-14-15-16-17-18-19-20-23(2,28)21(25)24(3,29)22(26)27;;/h28-29H,4-20H2,1-3H3,(H,26,27);;. The zero-order valence-electron chi connectivity index (χ0n) is 19.2. The van der Waals surface area contributed by atoms with E-state index >= 15 is 0 Å². The number of carbonyl (C=O) groups is 2. The van der Waals surface area contributed by atoms with E-state index in [-0.39, 0.29) is 57.8 Å². The predicted molar refractivity (Wildman–Crippen MR) is 125 cm³/mol. The van der Waals surface area contributed by atoms with Crippen LogP contribution in [-0.2, 0) is 9.59 Å². The van der Waals surface area contributed by atoms with E-state index < -0.39 is 23.0 Å². The molecule has 0 amide bonds. The van der Waals surface area contributed by atoms with E-state index in [4.69, 9.17) is 5.11 Å². The predicted octanol–water partition coefficient (Wildman–Crippen LogP) is 5.15. The van der Waals surface area contributed by atoms with Crippen molar-refractivity contribution in [1.82, 2.24) is 0 Å². The van der Waals surface area contributed by atoms with Crippen LogP contribution in [0.5, 0.6) is 0 Å². The summed E-state index contributed by atoms with van der Waals surface area (Å²) in [7, 11) is 0. The molecule has 0 rings (SSSR count). The van der Waals surface area contributed by atoms with Crippen molar-refractivity contribution in [1.29, 1.82) is 0 Å². The van der Waals surface area contributed by atoms with Gasteiger partial charge in [-0.3, -0.25) is 4.79 Å². The Morgan fingerprint density at radius 1 is 0.633 bits per heavy atom. The Hall–Kier alpha value is 0.696. The minimum atomic E-state index is -2.54.